The van der Waals surface area contributed by atoms with Crippen LogP contribution in [0.5, 0.6) is 0 Å². The predicted octanol–water partition coefficient (Wildman–Crippen LogP) is 6.52. The van der Waals surface area contributed by atoms with E-state index in [-0.39, 0.29) is 0 Å². The standard InChI is InChI=1S/C19H13Cl3/c20-17-12-6-4-10-15(17)19(22,14-8-2-1-3-9-14)16-11-5-7-13-18(16)21/h1-13H. The molecule has 0 saturated heterocycles. The Hall–Kier alpha value is -1.47. The summed E-state index contributed by atoms with van der Waals surface area (Å²) in [6.45, 7) is 0. The van der Waals surface area contributed by atoms with Crippen LogP contribution in [0.1, 0.15) is 16.7 Å². The van der Waals surface area contributed by atoms with Crippen molar-refractivity contribution in [3.63, 3.8) is 0 Å². The van der Waals surface area contributed by atoms with Crippen molar-refractivity contribution >= 4 is 34.8 Å². The minimum atomic E-state index is -0.933. The number of rotatable bonds is 3. The van der Waals surface area contributed by atoms with Crippen LogP contribution in [-0.2, 0) is 4.87 Å². The molecule has 0 aliphatic rings. The summed E-state index contributed by atoms with van der Waals surface area (Å²) < 4.78 is 0. The number of hydrogen-bond acceptors (Lipinski definition) is 0. The highest BCUT2D eigenvalue weighted by molar-refractivity contribution is 6.37. The quantitative estimate of drug-likeness (QED) is 0.373. The second-order valence-electron chi connectivity index (χ2n) is 4.98. The Bertz CT molecular complexity index is 736. The average Bonchev–Trinajstić information content (AvgIpc) is 2.56. The van der Waals surface area contributed by atoms with Gasteiger partial charge in [0.25, 0.3) is 0 Å². The van der Waals surface area contributed by atoms with Gasteiger partial charge in [-0.1, -0.05) is 89.9 Å². The second-order valence-corrected chi connectivity index (χ2v) is 6.37. The first-order valence-corrected chi connectivity index (χ1v) is 8.02. The van der Waals surface area contributed by atoms with E-state index in [2.05, 4.69) is 0 Å². The number of alkyl halides is 1. The van der Waals surface area contributed by atoms with E-state index >= 15 is 0 Å². The minimum Gasteiger partial charge on any atom is -0.103 e. The summed E-state index contributed by atoms with van der Waals surface area (Å²) in [6, 6.07) is 25.0. The third-order valence-electron chi connectivity index (χ3n) is 3.66. The molecular formula is C19H13Cl3. The first-order valence-electron chi connectivity index (χ1n) is 6.88. The van der Waals surface area contributed by atoms with Gasteiger partial charge in [-0.15, -0.1) is 11.6 Å². The van der Waals surface area contributed by atoms with E-state index in [0.717, 1.165) is 16.7 Å². The van der Waals surface area contributed by atoms with Crippen molar-refractivity contribution in [2.24, 2.45) is 0 Å². The summed E-state index contributed by atoms with van der Waals surface area (Å²) >= 11 is 20.0. The van der Waals surface area contributed by atoms with Gasteiger partial charge in [0, 0.05) is 21.2 Å². The van der Waals surface area contributed by atoms with Gasteiger partial charge in [-0.25, -0.2) is 0 Å². The molecule has 0 aliphatic heterocycles. The predicted molar refractivity (Wildman–Crippen MR) is 95.1 cm³/mol. The van der Waals surface area contributed by atoms with Gasteiger partial charge in [0.2, 0.25) is 0 Å². The molecule has 22 heavy (non-hydrogen) atoms. The van der Waals surface area contributed by atoms with Gasteiger partial charge in [0.15, 0.2) is 0 Å². The van der Waals surface area contributed by atoms with Crippen LogP contribution in [0.4, 0.5) is 0 Å². The summed E-state index contributed by atoms with van der Waals surface area (Å²) in [5, 5.41) is 1.22. The van der Waals surface area contributed by atoms with Crippen molar-refractivity contribution in [2.75, 3.05) is 0 Å². The molecule has 0 nitrogen and oxygen atoms in total. The lowest BCUT2D eigenvalue weighted by Crippen LogP contribution is -2.23. The van der Waals surface area contributed by atoms with E-state index < -0.39 is 4.87 Å². The molecule has 0 heterocycles. The maximum Gasteiger partial charge on any atom is 0.122 e. The second kappa shape index (κ2) is 6.34. The van der Waals surface area contributed by atoms with Crippen molar-refractivity contribution in [1.82, 2.24) is 0 Å². The van der Waals surface area contributed by atoms with Crippen molar-refractivity contribution in [2.45, 2.75) is 4.87 Å². The van der Waals surface area contributed by atoms with Crippen LogP contribution in [-0.4, -0.2) is 0 Å². The van der Waals surface area contributed by atoms with Gasteiger partial charge < -0.3 is 0 Å². The molecule has 3 aromatic carbocycles. The largest absolute Gasteiger partial charge is 0.122 e. The van der Waals surface area contributed by atoms with Crippen LogP contribution in [0.25, 0.3) is 0 Å². The summed E-state index contributed by atoms with van der Waals surface area (Å²) in [5.41, 5.74) is 2.56. The Morgan fingerprint density at radius 1 is 0.545 bits per heavy atom. The van der Waals surface area contributed by atoms with Gasteiger partial charge in [-0.3, -0.25) is 0 Å². The number of benzene rings is 3. The van der Waals surface area contributed by atoms with Gasteiger partial charge >= 0.3 is 0 Å². The molecule has 3 aromatic rings. The minimum absolute atomic E-state index is 0.612. The van der Waals surface area contributed by atoms with Crippen LogP contribution < -0.4 is 0 Å². The van der Waals surface area contributed by atoms with Crippen molar-refractivity contribution in [3.8, 4) is 0 Å². The Balaban J connectivity index is 2.33. The Morgan fingerprint density at radius 2 is 0.955 bits per heavy atom. The first-order chi connectivity index (χ1) is 10.6. The monoisotopic (exact) mass is 346 g/mol. The van der Waals surface area contributed by atoms with Crippen LogP contribution in [0.2, 0.25) is 10.0 Å². The fourth-order valence-electron chi connectivity index (χ4n) is 2.61. The molecule has 0 fully saturated rings. The molecule has 0 bridgehead atoms. The zero-order valence-corrected chi connectivity index (χ0v) is 13.9. The molecule has 0 saturated carbocycles. The smallest absolute Gasteiger partial charge is 0.103 e. The maximum absolute atomic E-state index is 7.16. The molecule has 3 heteroatoms. The zero-order chi connectivity index (χ0) is 15.6. The number of halogens is 3. The summed E-state index contributed by atoms with van der Waals surface area (Å²) in [5.74, 6) is 0. The van der Waals surface area contributed by atoms with Gasteiger partial charge in [0.05, 0.1) is 0 Å². The zero-order valence-electron chi connectivity index (χ0n) is 11.6. The van der Waals surface area contributed by atoms with Crippen LogP contribution in [0.15, 0.2) is 78.9 Å². The van der Waals surface area contributed by atoms with Crippen molar-refractivity contribution in [1.29, 1.82) is 0 Å². The van der Waals surface area contributed by atoms with E-state index in [4.69, 9.17) is 34.8 Å². The highest BCUT2D eigenvalue weighted by atomic mass is 35.5. The summed E-state index contributed by atoms with van der Waals surface area (Å²) in [6.07, 6.45) is 0. The molecular weight excluding hydrogens is 335 g/mol. The third kappa shape index (κ3) is 2.63. The lowest BCUT2D eigenvalue weighted by molar-refractivity contribution is 0.880. The molecule has 0 aliphatic carbocycles. The van der Waals surface area contributed by atoms with E-state index in [1.54, 1.807) is 0 Å². The molecule has 0 atom stereocenters. The van der Waals surface area contributed by atoms with E-state index in [1.807, 2.05) is 78.9 Å². The molecule has 0 radical (unpaired) electrons. The molecule has 0 aromatic heterocycles. The fraction of sp³-hybridized carbons (Fsp3) is 0.0526. The van der Waals surface area contributed by atoms with Crippen molar-refractivity contribution < 1.29 is 0 Å². The lowest BCUT2D eigenvalue weighted by atomic mass is 9.84. The van der Waals surface area contributed by atoms with E-state index in [0.29, 0.717) is 10.0 Å². The topological polar surface area (TPSA) is 0 Å². The highest BCUT2D eigenvalue weighted by Crippen LogP contribution is 2.47. The Morgan fingerprint density at radius 3 is 1.41 bits per heavy atom. The normalized spacial score (nSPS) is 11.4. The van der Waals surface area contributed by atoms with Gasteiger partial charge in [0.1, 0.15) is 4.87 Å². The van der Waals surface area contributed by atoms with Gasteiger partial charge in [-0.05, 0) is 17.7 Å². The SMILES string of the molecule is Clc1ccccc1C(Cl)(c1ccccc1)c1ccccc1Cl. The van der Waals surface area contributed by atoms with Crippen molar-refractivity contribution in [3.05, 3.63) is 106 Å². The highest BCUT2D eigenvalue weighted by Gasteiger charge is 2.37. The van der Waals surface area contributed by atoms with Gasteiger partial charge in [-0.2, -0.15) is 0 Å². The van der Waals surface area contributed by atoms with E-state index in [9.17, 15) is 0 Å². The Labute approximate surface area is 145 Å². The molecule has 0 N–H and O–H groups in total. The summed E-state index contributed by atoms with van der Waals surface area (Å²) in [7, 11) is 0. The Kier molecular flexibility index (Phi) is 4.44. The first kappa shape index (κ1) is 15.4. The number of hydrogen-bond donors (Lipinski definition) is 0. The van der Waals surface area contributed by atoms with Crippen LogP contribution >= 0.6 is 34.8 Å². The third-order valence-corrected chi connectivity index (χ3v) is 4.95. The average molecular weight is 348 g/mol. The maximum atomic E-state index is 7.16. The molecule has 110 valence electrons. The lowest BCUT2D eigenvalue weighted by Gasteiger charge is -2.30. The molecule has 0 amide bonds. The fourth-order valence-corrected chi connectivity index (χ4v) is 3.71. The molecule has 0 unspecified atom stereocenters. The molecule has 3 rings (SSSR count). The van der Waals surface area contributed by atoms with Crippen LogP contribution in [0, 0.1) is 0 Å². The van der Waals surface area contributed by atoms with E-state index in [1.165, 1.54) is 0 Å². The summed E-state index contributed by atoms with van der Waals surface area (Å²) in [4.78, 5) is -0.933. The van der Waals surface area contributed by atoms with Crippen LogP contribution in [0.3, 0.4) is 0 Å². The molecule has 0 spiro atoms.